The van der Waals surface area contributed by atoms with E-state index in [4.69, 9.17) is 0 Å². The second-order valence-electron chi connectivity index (χ2n) is 11.2. The molecule has 7 rings (SSSR count). The van der Waals surface area contributed by atoms with Gasteiger partial charge in [0.25, 0.3) is 0 Å². The van der Waals surface area contributed by atoms with Crippen molar-refractivity contribution in [2.45, 2.75) is 0 Å². The first-order chi connectivity index (χ1) is 24.0. The molecule has 8 heteroatoms. The minimum absolute atomic E-state index is 0.492. The van der Waals surface area contributed by atoms with E-state index in [1.54, 1.807) is 53.1 Å². The van der Waals surface area contributed by atoms with Crippen LogP contribution in [-0.4, -0.2) is 4.57 Å². The first-order valence-corrected chi connectivity index (χ1v) is 15.1. The van der Waals surface area contributed by atoms with Gasteiger partial charge in [-0.25, -0.2) is 4.57 Å². The van der Waals surface area contributed by atoms with Gasteiger partial charge in [0.15, 0.2) is 6.19 Å². The highest BCUT2D eigenvalue weighted by Crippen LogP contribution is 2.42. The zero-order valence-corrected chi connectivity index (χ0v) is 25.8. The van der Waals surface area contributed by atoms with E-state index in [9.17, 15) is 26.3 Å². The van der Waals surface area contributed by atoms with Crippen LogP contribution in [0.3, 0.4) is 0 Å². The Bertz CT molecular complexity index is 2360. The summed E-state index contributed by atoms with van der Waals surface area (Å²) in [5, 5.41) is 50.6. The Balaban J connectivity index is 1.48. The van der Waals surface area contributed by atoms with Gasteiger partial charge in [-0.3, -0.25) is 0 Å². The number of nitriles is 5. The molecule has 0 spiro atoms. The van der Waals surface area contributed by atoms with Gasteiger partial charge >= 0.3 is 0 Å². The largest absolute Gasteiger partial charge is 0.310 e. The summed E-state index contributed by atoms with van der Waals surface area (Å²) in [6.45, 7) is 0. The van der Waals surface area contributed by atoms with Crippen molar-refractivity contribution in [1.29, 1.82) is 26.3 Å². The fourth-order valence-electron chi connectivity index (χ4n) is 6.14. The molecule has 0 aliphatic rings. The normalized spacial score (nSPS) is 10.3. The number of fused-ring (bicyclic) bond motifs is 3. The minimum atomic E-state index is 0.492. The van der Waals surface area contributed by atoms with Crippen LogP contribution in [0.5, 0.6) is 0 Å². The minimum Gasteiger partial charge on any atom is -0.310 e. The number of aromatic nitrogens is 1. The zero-order chi connectivity index (χ0) is 33.9. The zero-order valence-electron chi connectivity index (χ0n) is 25.8. The van der Waals surface area contributed by atoms with Crippen LogP contribution in [0.1, 0.15) is 22.3 Å². The van der Waals surface area contributed by atoms with Crippen LogP contribution in [0.15, 0.2) is 133 Å². The monoisotopic (exact) mass is 626 g/mol. The molecule has 1 aromatic heterocycles. The average molecular weight is 627 g/mol. The predicted octanol–water partition coefficient (Wildman–Crippen LogP) is 9.55. The van der Waals surface area contributed by atoms with Gasteiger partial charge in [-0.05, 0) is 109 Å². The Morgan fingerprint density at radius 3 is 0.959 bits per heavy atom. The second-order valence-corrected chi connectivity index (χ2v) is 11.2. The molecule has 0 N–H and O–H groups in total. The molecule has 0 atom stereocenters. The fraction of sp³-hybridized carbons (Fsp3) is 0. The highest BCUT2D eigenvalue weighted by molar-refractivity contribution is 6.11. The Labute approximate surface area is 282 Å². The summed E-state index contributed by atoms with van der Waals surface area (Å²) in [6, 6.07) is 49.5. The first kappa shape index (κ1) is 29.9. The van der Waals surface area contributed by atoms with Crippen LogP contribution >= 0.6 is 0 Å². The highest BCUT2D eigenvalue weighted by atomic mass is 15.1. The number of hydrogen-bond donors (Lipinski definition) is 0. The van der Waals surface area contributed by atoms with Gasteiger partial charge in [0.05, 0.1) is 57.6 Å². The first-order valence-electron chi connectivity index (χ1n) is 15.1. The van der Waals surface area contributed by atoms with Crippen LogP contribution in [0.4, 0.5) is 34.1 Å². The Morgan fingerprint density at radius 2 is 0.673 bits per heavy atom. The van der Waals surface area contributed by atoms with Gasteiger partial charge in [0.1, 0.15) is 0 Å². The van der Waals surface area contributed by atoms with Crippen LogP contribution in [0, 0.1) is 56.8 Å². The van der Waals surface area contributed by atoms with E-state index in [0.717, 1.165) is 44.9 Å². The lowest BCUT2D eigenvalue weighted by Gasteiger charge is -2.26. The van der Waals surface area contributed by atoms with Crippen molar-refractivity contribution in [2.24, 2.45) is 0 Å². The Kier molecular flexibility index (Phi) is 7.63. The van der Waals surface area contributed by atoms with Crippen molar-refractivity contribution < 1.29 is 0 Å². The van der Waals surface area contributed by atoms with Crippen LogP contribution < -0.4 is 9.80 Å². The van der Waals surface area contributed by atoms with E-state index in [1.165, 1.54) is 0 Å². The van der Waals surface area contributed by atoms with Gasteiger partial charge in [0.2, 0.25) is 0 Å². The quantitative estimate of drug-likeness (QED) is 0.180. The van der Waals surface area contributed by atoms with Crippen LogP contribution in [0.25, 0.3) is 21.8 Å². The topological polar surface area (TPSA) is 130 Å². The van der Waals surface area contributed by atoms with Crippen LogP contribution in [-0.2, 0) is 0 Å². The summed E-state index contributed by atoms with van der Waals surface area (Å²) in [5.41, 5.74) is 7.85. The lowest BCUT2D eigenvalue weighted by Crippen LogP contribution is -2.10. The molecule has 0 saturated carbocycles. The molecule has 226 valence electrons. The van der Waals surface area contributed by atoms with E-state index >= 15 is 0 Å². The third-order valence-corrected chi connectivity index (χ3v) is 8.28. The highest BCUT2D eigenvalue weighted by Gasteiger charge is 2.20. The van der Waals surface area contributed by atoms with E-state index in [-0.39, 0.29) is 0 Å². The second kappa shape index (κ2) is 12.5. The molecule has 0 aliphatic carbocycles. The van der Waals surface area contributed by atoms with Gasteiger partial charge in [0, 0.05) is 44.9 Å². The molecule has 49 heavy (non-hydrogen) atoms. The molecule has 1 heterocycles. The molecule has 8 nitrogen and oxygen atoms in total. The Morgan fingerprint density at radius 1 is 0.367 bits per heavy atom. The molecule has 7 aromatic rings. The summed E-state index contributed by atoms with van der Waals surface area (Å²) >= 11 is 0. The molecular formula is C41H22N8. The molecule has 0 fully saturated rings. The summed E-state index contributed by atoms with van der Waals surface area (Å²) in [4.78, 5) is 3.96. The van der Waals surface area contributed by atoms with Crippen LogP contribution in [0.2, 0.25) is 0 Å². The van der Waals surface area contributed by atoms with Gasteiger partial charge < -0.3 is 9.80 Å². The van der Waals surface area contributed by atoms with Crippen molar-refractivity contribution in [3.05, 3.63) is 156 Å². The third kappa shape index (κ3) is 5.39. The Hall–Kier alpha value is -7.83. The molecule has 0 saturated heterocycles. The molecule has 0 unspecified atom stereocenters. The maximum atomic E-state index is 10.3. The lowest BCUT2D eigenvalue weighted by molar-refractivity contribution is 1.19. The van der Waals surface area contributed by atoms with Crippen molar-refractivity contribution in [3.8, 4) is 30.5 Å². The summed E-state index contributed by atoms with van der Waals surface area (Å²) in [5.74, 6) is 0. The smallest absolute Gasteiger partial charge is 0.189 e. The molecular weight excluding hydrogens is 605 g/mol. The predicted molar refractivity (Wildman–Crippen MR) is 189 cm³/mol. The van der Waals surface area contributed by atoms with Crippen molar-refractivity contribution in [1.82, 2.24) is 4.57 Å². The van der Waals surface area contributed by atoms with E-state index in [0.29, 0.717) is 33.3 Å². The number of rotatable bonds is 6. The maximum absolute atomic E-state index is 10.3. The number of benzene rings is 6. The number of anilines is 6. The SMILES string of the molecule is N#Cc1cccc(N(c2cccc(C#N)c2)c2ccc3c(c2)c2cc(N(c4cccc(C#N)c4)c4cccc(C#N)c4)ccc2n3C#N)c1. The summed E-state index contributed by atoms with van der Waals surface area (Å²) < 4.78 is 1.59. The number of hydrogen-bond acceptors (Lipinski definition) is 7. The van der Waals surface area contributed by atoms with Gasteiger partial charge in [-0.15, -0.1) is 0 Å². The number of nitrogens with zero attached hydrogens (tertiary/aromatic N) is 8. The van der Waals surface area contributed by atoms with Gasteiger partial charge in [-0.2, -0.15) is 26.3 Å². The molecule has 0 aliphatic heterocycles. The van der Waals surface area contributed by atoms with Crippen molar-refractivity contribution in [2.75, 3.05) is 9.80 Å². The summed E-state index contributed by atoms with van der Waals surface area (Å²) in [6.07, 6.45) is 2.32. The maximum Gasteiger partial charge on any atom is 0.189 e. The molecule has 0 bridgehead atoms. The van der Waals surface area contributed by atoms with Crippen molar-refractivity contribution >= 4 is 55.9 Å². The van der Waals surface area contributed by atoms with E-state index in [1.807, 2.05) is 94.7 Å². The molecule has 0 amide bonds. The molecule has 0 radical (unpaired) electrons. The average Bonchev–Trinajstić information content (AvgIpc) is 3.47. The van der Waals surface area contributed by atoms with Gasteiger partial charge in [-0.1, -0.05) is 24.3 Å². The van der Waals surface area contributed by atoms with Crippen molar-refractivity contribution in [3.63, 3.8) is 0 Å². The third-order valence-electron chi connectivity index (χ3n) is 8.28. The van der Waals surface area contributed by atoms with E-state index < -0.39 is 0 Å². The van der Waals surface area contributed by atoms with E-state index in [2.05, 4.69) is 30.5 Å². The summed E-state index contributed by atoms with van der Waals surface area (Å²) in [7, 11) is 0. The molecule has 6 aromatic carbocycles. The lowest BCUT2D eigenvalue weighted by atomic mass is 10.1. The fourth-order valence-corrected chi connectivity index (χ4v) is 6.14. The standard InChI is InChI=1S/C41H22N8/c42-23-28-5-1-9-32(17-28)48(33-10-2-6-29(18-33)24-43)36-13-15-40-38(21-36)39-22-37(14-16-41(39)47(40)27-46)49(34-11-3-7-30(19-34)25-44)35-12-4-8-31(20-35)26-45/h1-22H.